The number of rotatable bonds is 3. The summed E-state index contributed by atoms with van der Waals surface area (Å²) >= 11 is 0. The Bertz CT molecular complexity index is 433. The van der Waals surface area contributed by atoms with Crippen molar-refractivity contribution in [1.82, 2.24) is 9.80 Å². The zero-order valence-corrected chi connectivity index (χ0v) is 12.4. The minimum atomic E-state index is -0.760. The van der Waals surface area contributed by atoms with Crippen molar-refractivity contribution >= 4 is 12.0 Å². The maximum absolute atomic E-state index is 12.5. The molecule has 0 saturated carbocycles. The van der Waals surface area contributed by atoms with E-state index >= 15 is 0 Å². The maximum atomic E-state index is 12.5. The number of likely N-dealkylation sites (tertiary alicyclic amines) is 1. The summed E-state index contributed by atoms with van der Waals surface area (Å²) in [4.78, 5) is 27.6. The van der Waals surface area contributed by atoms with E-state index in [4.69, 9.17) is 0 Å². The van der Waals surface area contributed by atoms with Crippen LogP contribution < -0.4 is 0 Å². The highest BCUT2D eigenvalue weighted by atomic mass is 16.4. The van der Waals surface area contributed by atoms with Crippen molar-refractivity contribution in [1.29, 1.82) is 0 Å². The maximum Gasteiger partial charge on any atom is 0.320 e. The molecule has 1 atom stereocenters. The molecule has 112 valence electrons. The van der Waals surface area contributed by atoms with Crippen LogP contribution in [0.15, 0.2) is 11.6 Å². The van der Waals surface area contributed by atoms with Gasteiger partial charge in [0.15, 0.2) is 0 Å². The van der Waals surface area contributed by atoms with Crippen LogP contribution >= 0.6 is 0 Å². The van der Waals surface area contributed by atoms with Gasteiger partial charge in [-0.05, 0) is 26.2 Å². The standard InChI is InChI=1S/C15H24N2O3/c1-3-6-15(13(18)19)7-9-17(11-15)14(20)16-8-4-5-12(2)10-16/h5H,3-4,6-11H2,1-2H3,(H,18,19). The summed E-state index contributed by atoms with van der Waals surface area (Å²) in [5, 5.41) is 9.49. The molecule has 5 nitrogen and oxygen atoms in total. The topological polar surface area (TPSA) is 60.9 Å². The zero-order valence-electron chi connectivity index (χ0n) is 12.4. The Morgan fingerprint density at radius 1 is 1.35 bits per heavy atom. The average Bonchev–Trinajstić information content (AvgIpc) is 2.84. The van der Waals surface area contributed by atoms with Crippen LogP contribution in [-0.2, 0) is 4.79 Å². The summed E-state index contributed by atoms with van der Waals surface area (Å²) in [6.45, 7) is 6.35. The van der Waals surface area contributed by atoms with Crippen LogP contribution in [-0.4, -0.2) is 53.1 Å². The van der Waals surface area contributed by atoms with Gasteiger partial charge < -0.3 is 14.9 Å². The van der Waals surface area contributed by atoms with Gasteiger partial charge in [-0.2, -0.15) is 0 Å². The van der Waals surface area contributed by atoms with Crippen molar-refractivity contribution in [2.24, 2.45) is 5.41 Å². The van der Waals surface area contributed by atoms with Gasteiger partial charge in [-0.1, -0.05) is 25.0 Å². The van der Waals surface area contributed by atoms with E-state index in [1.54, 1.807) is 4.90 Å². The second-order valence-electron chi connectivity index (χ2n) is 6.05. The van der Waals surface area contributed by atoms with E-state index in [2.05, 4.69) is 6.08 Å². The largest absolute Gasteiger partial charge is 0.481 e. The Morgan fingerprint density at radius 3 is 2.70 bits per heavy atom. The predicted molar refractivity (Wildman–Crippen MR) is 76.5 cm³/mol. The minimum Gasteiger partial charge on any atom is -0.481 e. The number of amides is 2. The fourth-order valence-corrected chi connectivity index (χ4v) is 3.27. The summed E-state index contributed by atoms with van der Waals surface area (Å²) in [6.07, 6.45) is 5.10. The lowest BCUT2D eigenvalue weighted by Gasteiger charge is -2.31. The van der Waals surface area contributed by atoms with E-state index in [-0.39, 0.29) is 6.03 Å². The summed E-state index contributed by atoms with van der Waals surface area (Å²) in [7, 11) is 0. The fraction of sp³-hybridized carbons (Fsp3) is 0.733. The Morgan fingerprint density at radius 2 is 2.10 bits per heavy atom. The van der Waals surface area contributed by atoms with Gasteiger partial charge in [-0.3, -0.25) is 4.79 Å². The first-order chi connectivity index (χ1) is 9.48. The number of hydrogen-bond acceptors (Lipinski definition) is 2. The Labute approximate surface area is 120 Å². The molecule has 2 aliphatic heterocycles. The number of urea groups is 1. The number of hydrogen-bond donors (Lipinski definition) is 1. The third-order valence-electron chi connectivity index (χ3n) is 4.41. The molecule has 2 amide bonds. The van der Waals surface area contributed by atoms with E-state index in [1.165, 1.54) is 5.57 Å². The molecule has 0 aromatic carbocycles. The summed E-state index contributed by atoms with van der Waals surface area (Å²) in [5.74, 6) is -0.760. The fourth-order valence-electron chi connectivity index (χ4n) is 3.27. The van der Waals surface area contributed by atoms with Crippen LogP contribution in [0.2, 0.25) is 0 Å². The van der Waals surface area contributed by atoms with Crippen molar-refractivity contribution in [3.63, 3.8) is 0 Å². The predicted octanol–water partition coefficient (Wildman–Crippen LogP) is 2.34. The average molecular weight is 280 g/mol. The lowest BCUT2D eigenvalue weighted by molar-refractivity contribution is -0.148. The van der Waals surface area contributed by atoms with Crippen molar-refractivity contribution in [2.45, 2.75) is 39.5 Å². The summed E-state index contributed by atoms with van der Waals surface area (Å²) in [6, 6.07) is -0.00308. The van der Waals surface area contributed by atoms with Crippen molar-refractivity contribution in [3.8, 4) is 0 Å². The first-order valence-electron chi connectivity index (χ1n) is 7.41. The van der Waals surface area contributed by atoms with E-state index in [0.717, 1.165) is 19.4 Å². The van der Waals surface area contributed by atoms with Gasteiger partial charge in [0.2, 0.25) is 0 Å². The van der Waals surface area contributed by atoms with Gasteiger partial charge in [0, 0.05) is 26.2 Å². The minimum absolute atomic E-state index is 0.00308. The van der Waals surface area contributed by atoms with Crippen LogP contribution in [0.4, 0.5) is 4.79 Å². The number of carbonyl (C=O) groups is 2. The second kappa shape index (κ2) is 5.85. The van der Waals surface area contributed by atoms with Gasteiger partial charge in [-0.15, -0.1) is 0 Å². The number of carboxylic acid groups (broad SMARTS) is 1. The molecule has 0 radical (unpaired) electrons. The smallest absolute Gasteiger partial charge is 0.320 e. The van der Waals surface area contributed by atoms with E-state index < -0.39 is 11.4 Å². The van der Waals surface area contributed by atoms with Crippen LogP contribution in [0.3, 0.4) is 0 Å². The second-order valence-corrected chi connectivity index (χ2v) is 6.05. The van der Waals surface area contributed by atoms with Crippen molar-refractivity contribution in [2.75, 3.05) is 26.2 Å². The van der Waals surface area contributed by atoms with Crippen molar-refractivity contribution in [3.05, 3.63) is 11.6 Å². The Kier molecular flexibility index (Phi) is 4.35. The molecule has 2 heterocycles. The quantitative estimate of drug-likeness (QED) is 0.807. The molecule has 0 aromatic rings. The van der Waals surface area contributed by atoms with E-state index in [1.807, 2.05) is 18.7 Å². The molecule has 1 N–H and O–H groups in total. The number of carboxylic acids is 1. The molecule has 0 spiro atoms. The molecule has 0 aromatic heterocycles. The lowest BCUT2D eigenvalue weighted by atomic mass is 9.83. The molecule has 0 aliphatic carbocycles. The molecule has 5 heteroatoms. The zero-order chi connectivity index (χ0) is 14.8. The third kappa shape index (κ3) is 2.81. The Hall–Kier alpha value is -1.52. The van der Waals surface area contributed by atoms with Gasteiger partial charge >= 0.3 is 12.0 Å². The van der Waals surface area contributed by atoms with E-state index in [9.17, 15) is 14.7 Å². The van der Waals surface area contributed by atoms with Crippen molar-refractivity contribution < 1.29 is 14.7 Å². The molecule has 1 saturated heterocycles. The highest BCUT2D eigenvalue weighted by Gasteiger charge is 2.46. The molecule has 0 bridgehead atoms. The molecule has 2 aliphatic rings. The number of carbonyl (C=O) groups excluding carboxylic acids is 1. The molecule has 1 unspecified atom stereocenters. The van der Waals surface area contributed by atoms with Crippen LogP contribution in [0.5, 0.6) is 0 Å². The van der Waals surface area contributed by atoms with Gasteiger partial charge in [0.1, 0.15) is 0 Å². The summed E-state index contributed by atoms with van der Waals surface area (Å²) in [5.41, 5.74) is 0.479. The van der Waals surface area contributed by atoms with Crippen LogP contribution in [0, 0.1) is 5.41 Å². The monoisotopic (exact) mass is 280 g/mol. The first kappa shape index (κ1) is 14.9. The Balaban J connectivity index is 2.03. The molecule has 2 rings (SSSR count). The highest BCUT2D eigenvalue weighted by molar-refractivity contribution is 5.80. The first-order valence-corrected chi connectivity index (χ1v) is 7.41. The SMILES string of the molecule is CCCC1(C(=O)O)CCN(C(=O)N2CCC=C(C)C2)C1. The van der Waals surface area contributed by atoms with E-state index in [0.29, 0.717) is 32.5 Å². The molecular weight excluding hydrogens is 256 g/mol. The molecular formula is C15H24N2O3. The van der Waals surface area contributed by atoms with Crippen LogP contribution in [0.1, 0.15) is 39.5 Å². The van der Waals surface area contributed by atoms with Gasteiger partial charge in [-0.25, -0.2) is 4.79 Å². The highest BCUT2D eigenvalue weighted by Crippen LogP contribution is 2.36. The van der Waals surface area contributed by atoms with Gasteiger partial charge in [0.25, 0.3) is 0 Å². The normalized spacial score (nSPS) is 26.6. The van der Waals surface area contributed by atoms with Gasteiger partial charge in [0.05, 0.1) is 5.41 Å². The van der Waals surface area contributed by atoms with Crippen LogP contribution in [0.25, 0.3) is 0 Å². The number of aliphatic carboxylic acids is 1. The third-order valence-corrected chi connectivity index (χ3v) is 4.41. The summed E-state index contributed by atoms with van der Waals surface area (Å²) < 4.78 is 0. The molecule has 20 heavy (non-hydrogen) atoms. The molecule has 1 fully saturated rings. The lowest BCUT2D eigenvalue weighted by Crippen LogP contribution is -2.46. The number of nitrogens with zero attached hydrogens (tertiary/aromatic N) is 2.